The van der Waals surface area contributed by atoms with Crippen LogP contribution < -0.4 is 14.5 Å². The minimum absolute atomic E-state index is 0.111. The number of rotatable bonds is 5. The van der Waals surface area contributed by atoms with Crippen LogP contribution in [0.25, 0.3) is 11.4 Å². The quantitative estimate of drug-likeness (QED) is 0.639. The third-order valence-electron chi connectivity index (χ3n) is 5.52. The summed E-state index contributed by atoms with van der Waals surface area (Å²) in [6, 6.07) is 16.0. The third-order valence-corrected chi connectivity index (χ3v) is 5.52. The van der Waals surface area contributed by atoms with Gasteiger partial charge < -0.3 is 19.1 Å². The maximum atomic E-state index is 13.1. The molecule has 4 rings (SSSR count). The molecule has 2 aromatic carbocycles. The van der Waals surface area contributed by atoms with E-state index in [-0.39, 0.29) is 11.8 Å². The van der Waals surface area contributed by atoms with E-state index < -0.39 is 0 Å². The van der Waals surface area contributed by atoms with Gasteiger partial charge >= 0.3 is 6.01 Å². The van der Waals surface area contributed by atoms with Crippen molar-refractivity contribution in [3.05, 3.63) is 54.1 Å². The molecule has 0 aliphatic carbocycles. The summed E-state index contributed by atoms with van der Waals surface area (Å²) >= 11 is 0. The number of carbonyl (C=O) groups excluding carboxylic acids is 1. The van der Waals surface area contributed by atoms with E-state index in [4.69, 9.17) is 9.26 Å². The molecule has 0 spiro atoms. The minimum Gasteiger partial charge on any atom is -0.497 e. The second-order valence-electron chi connectivity index (χ2n) is 7.65. The first-order valence-corrected chi connectivity index (χ1v) is 10.1. The van der Waals surface area contributed by atoms with Crippen LogP contribution in [0.4, 0.5) is 11.7 Å². The van der Waals surface area contributed by atoms with Crippen molar-refractivity contribution in [1.29, 1.82) is 0 Å². The Kier molecular flexibility index (Phi) is 5.70. The minimum atomic E-state index is -0.111. The molecule has 0 N–H and O–H groups in total. The molecule has 1 amide bonds. The average Bonchev–Trinajstić information content (AvgIpc) is 3.28. The molecule has 1 saturated heterocycles. The lowest BCUT2D eigenvalue weighted by Crippen LogP contribution is -2.44. The van der Waals surface area contributed by atoms with Gasteiger partial charge in [-0.3, -0.25) is 4.79 Å². The highest BCUT2D eigenvalue weighted by atomic mass is 16.5. The summed E-state index contributed by atoms with van der Waals surface area (Å²) in [7, 11) is 3.47. The summed E-state index contributed by atoms with van der Waals surface area (Å²) in [6.45, 7) is 3.39. The molecule has 0 radical (unpaired) electrons. The number of anilines is 2. The van der Waals surface area contributed by atoms with E-state index in [0.29, 0.717) is 18.4 Å². The second-order valence-corrected chi connectivity index (χ2v) is 7.65. The number of ether oxygens (including phenoxy) is 1. The molecule has 1 aliphatic rings. The Morgan fingerprint density at radius 3 is 2.77 bits per heavy atom. The van der Waals surface area contributed by atoms with E-state index in [0.717, 1.165) is 42.0 Å². The van der Waals surface area contributed by atoms with Crippen LogP contribution in [0, 0.1) is 12.8 Å². The maximum absolute atomic E-state index is 13.1. The van der Waals surface area contributed by atoms with Gasteiger partial charge in [-0.15, -0.1) is 0 Å². The van der Waals surface area contributed by atoms with Crippen molar-refractivity contribution in [2.24, 2.45) is 5.92 Å². The van der Waals surface area contributed by atoms with Crippen molar-refractivity contribution >= 4 is 17.6 Å². The fourth-order valence-electron chi connectivity index (χ4n) is 3.79. The zero-order valence-corrected chi connectivity index (χ0v) is 17.5. The molecule has 1 aromatic heterocycles. The molecule has 7 heteroatoms. The monoisotopic (exact) mass is 406 g/mol. The van der Waals surface area contributed by atoms with Gasteiger partial charge in [0.1, 0.15) is 5.75 Å². The Morgan fingerprint density at radius 1 is 1.23 bits per heavy atom. The van der Waals surface area contributed by atoms with E-state index >= 15 is 0 Å². The van der Waals surface area contributed by atoms with Crippen LogP contribution >= 0.6 is 0 Å². The highest BCUT2D eigenvalue weighted by Crippen LogP contribution is 2.27. The molecule has 1 unspecified atom stereocenters. The summed E-state index contributed by atoms with van der Waals surface area (Å²) in [5.74, 6) is 1.30. The lowest BCUT2D eigenvalue weighted by atomic mass is 9.96. The first kappa shape index (κ1) is 19.9. The molecule has 2 heterocycles. The molecule has 0 saturated carbocycles. The van der Waals surface area contributed by atoms with Gasteiger partial charge in [-0.25, -0.2) is 0 Å². The molecule has 156 valence electrons. The number of amides is 1. The van der Waals surface area contributed by atoms with Gasteiger partial charge in [-0.05, 0) is 61.7 Å². The smallest absolute Gasteiger partial charge is 0.324 e. The predicted octanol–water partition coefficient (Wildman–Crippen LogP) is 3.93. The summed E-state index contributed by atoms with van der Waals surface area (Å²) in [4.78, 5) is 21.4. The Labute approximate surface area is 176 Å². The average molecular weight is 406 g/mol. The van der Waals surface area contributed by atoms with E-state index in [1.165, 1.54) is 0 Å². The molecule has 1 aliphatic heterocycles. The van der Waals surface area contributed by atoms with Gasteiger partial charge in [0.15, 0.2) is 0 Å². The zero-order chi connectivity index (χ0) is 21.1. The van der Waals surface area contributed by atoms with Gasteiger partial charge in [-0.2, -0.15) is 4.98 Å². The van der Waals surface area contributed by atoms with E-state index in [2.05, 4.69) is 10.1 Å². The number of benzene rings is 2. The summed E-state index contributed by atoms with van der Waals surface area (Å²) in [5.41, 5.74) is 2.90. The lowest BCUT2D eigenvalue weighted by Gasteiger charge is -2.32. The number of aromatic nitrogens is 2. The number of hydrogen-bond donors (Lipinski definition) is 0. The number of nitrogens with zero attached hydrogens (tertiary/aromatic N) is 4. The van der Waals surface area contributed by atoms with Crippen LogP contribution in [-0.2, 0) is 4.79 Å². The van der Waals surface area contributed by atoms with Crippen LogP contribution in [0.15, 0.2) is 53.1 Å². The third kappa shape index (κ3) is 4.15. The Balaban J connectivity index is 1.46. The van der Waals surface area contributed by atoms with Crippen LogP contribution in [-0.4, -0.2) is 43.3 Å². The largest absolute Gasteiger partial charge is 0.497 e. The highest BCUT2D eigenvalue weighted by Gasteiger charge is 2.31. The van der Waals surface area contributed by atoms with Crippen molar-refractivity contribution < 1.29 is 14.1 Å². The van der Waals surface area contributed by atoms with Crippen molar-refractivity contribution in [2.45, 2.75) is 19.8 Å². The molecule has 7 nitrogen and oxygen atoms in total. The fraction of sp³-hybridized carbons (Fsp3) is 0.348. The first-order chi connectivity index (χ1) is 14.5. The first-order valence-electron chi connectivity index (χ1n) is 10.1. The topological polar surface area (TPSA) is 71.7 Å². The SMILES string of the molecule is COc1ccc(-c2noc(N3CCCC(C(=O)N(C)c4cccc(C)c4)C3)n2)cc1. The van der Waals surface area contributed by atoms with Crippen molar-refractivity contribution in [2.75, 3.05) is 37.0 Å². The highest BCUT2D eigenvalue weighted by molar-refractivity contribution is 5.95. The van der Waals surface area contributed by atoms with Gasteiger partial charge in [0, 0.05) is 31.4 Å². The van der Waals surface area contributed by atoms with Crippen molar-refractivity contribution in [3.8, 4) is 17.1 Å². The van der Waals surface area contributed by atoms with E-state index in [9.17, 15) is 4.79 Å². The van der Waals surface area contributed by atoms with Crippen LogP contribution in [0.3, 0.4) is 0 Å². The lowest BCUT2D eigenvalue weighted by molar-refractivity contribution is -0.122. The number of aryl methyl sites for hydroxylation is 1. The van der Waals surface area contributed by atoms with Gasteiger partial charge in [0.25, 0.3) is 0 Å². The molecular weight excluding hydrogens is 380 g/mol. The summed E-state index contributed by atoms with van der Waals surface area (Å²) < 4.78 is 10.7. The fourth-order valence-corrected chi connectivity index (χ4v) is 3.79. The number of hydrogen-bond acceptors (Lipinski definition) is 6. The van der Waals surface area contributed by atoms with Crippen LogP contribution in [0.2, 0.25) is 0 Å². The zero-order valence-electron chi connectivity index (χ0n) is 17.5. The van der Waals surface area contributed by atoms with Gasteiger partial charge in [0.2, 0.25) is 11.7 Å². The predicted molar refractivity (Wildman–Crippen MR) is 116 cm³/mol. The summed E-state index contributed by atoms with van der Waals surface area (Å²) in [6.07, 6.45) is 1.75. The standard InChI is InChI=1S/C23H26N4O3/c1-16-6-4-8-19(14-16)26(2)22(28)18-7-5-13-27(15-18)23-24-21(25-30-23)17-9-11-20(29-3)12-10-17/h4,6,8-12,14,18H,5,7,13,15H2,1-3H3. The Bertz CT molecular complexity index is 1020. The van der Waals surface area contributed by atoms with E-state index in [1.54, 1.807) is 12.0 Å². The van der Waals surface area contributed by atoms with Crippen molar-refractivity contribution in [1.82, 2.24) is 10.1 Å². The molecule has 3 aromatic rings. The molecule has 1 fully saturated rings. The number of carbonyl (C=O) groups is 1. The van der Waals surface area contributed by atoms with Crippen LogP contribution in [0.1, 0.15) is 18.4 Å². The normalized spacial score (nSPS) is 16.4. The van der Waals surface area contributed by atoms with Gasteiger partial charge in [-0.1, -0.05) is 17.3 Å². The van der Waals surface area contributed by atoms with Crippen LogP contribution in [0.5, 0.6) is 5.75 Å². The molecular formula is C23H26N4O3. The summed E-state index contributed by atoms with van der Waals surface area (Å²) in [5, 5.41) is 4.12. The Hall–Kier alpha value is -3.35. The molecule has 1 atom stereocenters. The molecule has 30 heavy (non-hydrogen) atoms. The maximum Gasteiger partial charge on any atom is 0.324 e. The number of methoxy groups -OCH3 is 1. The van der Waals surface area contributed by atoms with Crippen molar-refractivity contribution in [3.63, 3.8) is 0 Å². The molecule has 0 bridgehead atoms. The second kappa shape index (κ2) is 8.57. The van der Waals surface area contributed by atoms with E-state index in [1.807, 2.05) is 67.4 Å². The Morgan fingerprint density at radius 2 is 2.03 bits per heavy atom. The van der Waals surface area contributed by atoms with Gasteiger partial charge in [0.05, 0.1) is 13.0 Å². The number of piperidine rings is 1.